The van der Waals surface area contributed by atoms with Gasteiger partial charge >= 0.3 is 0 Å². The highest BCUT2D eigenvalue weighted by Gasteiger charge is 2.18. The maximum absolute atomic E-state index is 13.9. The molecule has 1 unspecified atom stereocenters. The van der Waals surface area contributed by atoms with Gasteiger partial charge < -0.3 is 9.73 Å². The maximum atomic E-state index is 13.9. The molecule has 0 bridgehead atoms. The van der Waals surface area contributed by atoms with Crippen molar-refractivity contribution in [1.82, 2.24) is 5.32 Å². The van der Waals surface area contributed by atoms with Crippen molar-refractivity contribution in [2.75, 3.05) is 7.05 Å². The van der Waals surface area contributed by atoms with Gasteiger partial charge in [0.25, 0.3) is 0 Å². The third kappa shape index (κ3) is 2.03. The second kappa shape index (κ2) is 4.80. The summed E-state index contributed by atoms with van der Waals surface area (Å²) in [6.07, 6.45) is 3.19. The number of hydrogen-bond acceptors (Lipinski definition) is 2. The van der Waals surface area contributed by atoms with Crippen LogP contribution in [0.15, 0.2) is 45.7 Å². The van der Waals surface area contributed by atoms with E-state index >= 15 is 0 Å². The molecule has 1 heterocycles. The molecule has 0 aliphatic rings. The van der Waals surface area contributed by atoms with Crippen molar-refractivity contribution in [2.45, 2.75) is 6.04 Å². The first-order valence-electron chi connectivity index (χ1n) is 4.87. The van der Waals surface area contributed by atoms with Crippen LogP contribution in [0.1, 0.15) is 17.2 Å². The molecule has 2 rings (SSSR count). The van der Waals surface area contributed by atoms with Gasteiger partial charge in [-0.25, -0.2) is 4.39 Å². The predicted molar refractivity (Wildman–Crippen MR) is 63.7 cm³/mol. The van der Waals surface area contributed by atoms with Crippen LogP contribution in [0.4, 0.5) is 4.39 Å². The zero-order chi connectivity index (χ0) is 11.5. The van der Waals surface area contributed by atoms with Crippen LogP contribution in [0, 0.1) is 5.82 Å². The highest BCUT2D eigenvalue weighted by Crippen LogP contribution is 2.28. The lowest BCUT2D eigenvalue weighted by Crippen LogP contribution is -2.18. The minimum Gasteiger partial charge on any atom is -0.472 e. The molecule has 16 heavy (non-hydrogen) atoms. The van der Waals surface area contributed by atoms with E-state index in [9.17, 15) is 4.39 Å². The molecule has 2 nitrogen and oxygen atoms in total. The fourth-order valence-electron chi connectivity index (χ4n) is 1.68. The van der Waals surface area contributed by atoms with Crippen LogP contribution >= 0.6 is 15.9 Å². The summed E-state index contributed by atoms with van der Waals surface area (Å²) in [5.74, 6) is -0.247. The van der Waals surface area contributed by atoms with Crippen molar-refractivity contribution < 1.29 is 8.81 Å². The molecule has 1 aromatic carbocycles. The lowest BCUT2D eigenvalue weighted by Gasteiger charge is -2.16. The average molecular weight is 284 g/mol. The first-order chi connectivity index (χ1) is 7.74. The molecule has 0 radical (unpaired) electrons. The Kier molecular flexibility index (Phi) is 3.41. The Bertz CT molecular complexity index is 470. The minimum atomic E-state index is -0.247. The molecule has 0 fully saturated rings. The number of benzene rings is 1. The SMILES string of the molecule is CNC(c1ccoc1)c1cccc(Br)c1F. The third-order valence-electron chi connectivity index (χ3n) is 2.46. The second-order valence-electron chi connectivity index (χ2n) is 3.42. The summed E-state index contributed by atoms with van der Waals surface area (Å²) < 4.78 is 19.4. The average Bonchev–Trinajstić information content (AvgIpc) is 2.79. The van der Waals surface area contributed by atoms with E-state index in [1.54, 1.807) is 31.7 Å². The van der Waals surface area contributed by atoms with Gasteiger partial charge in [-0.1, -0.05) is 12.1 Å². The molecule has 0 saturated carbocycles. The number of hydrogen-bond donors (Lipinski definition) is 1. The predicted octanol–water partition coefficient (Wildman–Crippen LogP) is 3.49. The van der Waals surface area contributed by atoms with E-state index in [1.807, 2.05) is 12.1 Å². The maximum Gasteiger partial charge on any atom is 0.142 e. The summed E-state index contributed by atoms with van der Waals surface area (Å²) in [6.45, 7) is 0. The normalized spacial score (nSPS) is 12.7. The minimum absolute atomic E-state index is 0.198. The van der Waals surface area contributed by atoms with Crippen molar-refractivity contribution in [1.29, 1.82) is 0 Å². The number of rotatable bonds is 3. The van der Waals surface area contributed by atoms with Gasteiger partial charge in [0.2, 0.25) is 0 Å². The van der Waals surface area contributed by atoms with E-state index in [0.717, 1.165) is 5.56 Å². The van der Waals surface area contributed by atoms with Crippen molar-refractivity contribution in [3.63, 3.8) is 0 Å². The Hall–Kier alpha value is -1.13. The van der Waals surface area contributed by atoms with E-state index in [4.69, 9.17) is 4.42 Å². The number of nitrogens with one attached hydrogen (secondary N) is 1. The van der Waals surface area contributed by atoms with Crippen molar-refractivity contribution in [3.8, 4) is 0 Å². The van der Waals surface area contributed by atoms with Crippen molar-refractivity contribution in [2.24, 2.45) is 0 Å². The summed E-state index contributed by atoms with van der Waals surface area (Å²) >= 11 is 3.18. The summed E-state index contributed by atoms with van der Waals surface area (Å²) in [5.41, 5.74) is 1.50. The lowest BCUT2D eigenvalue weighted by molar-refractivity contribution is 0.547. The van der Waals surface area contributed by atoms with Gasteiger partial charge in [-0.05, 0) is 35.1 Å². The fraction of sp³-hybridized carbons (Fsp3) is 0.167. The molecule has 1 atom stereocenters. The zero-order valence-electron chi connectivity index (χ0n) is 8.71. The second-order valence-corrected chi connectivity index (χ2v) is 4.28. The van der Waals surface area contributed by atoms with Gasteiger partial charge in [-0.15, -0.1) is 0 Å². The van der Waals surface area contributed by atoms with E-state index < -0.39 is 0 Å². The quantitative estimate of drug-likeness (QED) is 0.933. The zero-order valence-corrected chi connectivity index (χ0v) is 10.3. The molecule has 0 spiro atoms. The standard InChI is InChI=1S/C12H11BrFNO/c1-15-12(8-5-6-16-7-8)9-3-2-4-10(13)11(9)14/h2-7,12,15H,1H3. The van der Waals surface area contributed by atoms with Crippen LogP contribution < -0.4 is 5.32 Å². The summed E-state index contributed by atoms with van der Waals surface area (Å²) in [5, 5.41) is 3.07. The third-order valence-corrected chi connectivity index (χ3v) is 3.07. The number of furan rings is 1. The molecule has 0 saturated heterocycles. The van der Waals surface area contributed by atoms with Gasteiger partial charge in [0.05, 0.1) is 23.0 Å². The highest BCUT2D eigenvalue weighted by atomic mass is 79.9. The molecule has 0 aliphatic heterocycles. The van der Waals surface area contributed by atoms with E-state index in [0.29, 0.717) is 10.0 Å². The number of halogens is 2. The van der Waals surface area contributed by atoms with Crippen LogP contribution in [0.2, 0.25) is 0 Å². The Labute approximate surface area is 102 Å². The van der Waals surface area contributed by atoms with Crippen LogP contribution in [0.3, 0.4) is 0 Å². The Morgan fingerprint density at radius 1 is 1.38 bits per heavy atom. The van der Waals surface area contributed by atoms with Crippen LogP contribution in [0.25, 0.3) is 0 Å². The molecular formula is C12H11BrFNO. The monoisotopic (exact) mass is 283 g/mol. The first kappa shape index (κ1) is 11.4. The summed E-state index contributed by atoms with van der Waals surface area (Å²) in [6, 6.07) is 6.88. The van der Waals surface area contributed by atoms with Crippen LogP contribution in [-0.2, 0) is 0 Å². The van der Waals surface area contributed by atoms with Gasteiger partial charge in [0.1, 0.15) is 5.82 Å². The molecule has 2 aromatic rings. The van der Waals surface area contributed by atoms with Gasteiger partial charge in [0.15, 0.2) is 0 Å². The van der Waals surface area contributed by atoms with Crippen LogP contribution in [0.5, 0.6) is 0 Å². The highest BCUT2D eigenvalue weighted by molar-refractivity contribution is 9.10. The smallest absolute Gasteiger partial charge is 0.142 e. The van der Waals surface area contributed by atoms with Gasteiger partial charge in [0, 0.05) is 11.1 Å². The summed E-state index contributed by atoms with van der Waals surface area (Å²) in [4.78, 5) is 0. The Morgan fingerprint density at radius 3 is 2.81 bits per heavy atom. The van der Waals surface area contributed by atoms with Gasteiger partial charge in [-0.2, -0.15) is 0 Å². The van der Waals surface area contributed by atoms with Crippen molar-refractivity contribution in [3.05, 3.63) is 58.2 Å². The Balaban J connectivity index is 2.45. The molecule has 84 valence electrons. The van der Waals surface area contributed by atoms with E-state index in [-0.39, 0.29) is 11.9 Å². The molecule has 1 aromatic heterocycles. The largest absolute Gasteiger partial charge is 0.472 e. The topological polar surface area (TPSA) is 25.2 Å². The fourth-order valence-corrected chi connectivity index (χ4v) is 2.07. The molecule has 0 aliphatic carbocycles. The molecular weight excluding hydrogens is 273 g/mol. The first-order valence-corrected chi connectivity index (χ1v) is 5.66. The lowest BCUT2D eigenvalue weighted by atomic mass is 10.0. The Morgan fingerprint density at radius 2 is 2.19 bits per heavy atom. The van der Waals surface area contributed by atoms with E-state index in [1.165, 1.54) is 0 Å². The molecule has 1 N–H and O–H groups in total. The molecule has 4 heteroatoms. The van der Waals surface area contributed by atoms with E-state index in [2.05, 4.69) is 21.2 Å². The van der Waals surface area contributed by atoms with Gasteiger partial charge in [-0.3, -0.25) is 0 Å². The van der Waals surface area contributed by atoms with Crippen LogP contribution in [-0.4, -0.2) is 7.05 Å². The molecule has 0 amide bonds. The summed E-state index contributed by atoms with van der Waals surface area (Å²) in [7, 11) is 1.79. The van der Waals surface area contributed by atoms with Crippen molar-refractivity contribution >= 4 is 15.9 Å².